The van der Waals surface area contributed by atoms with Crippen LogP contribution < -0.4 is 0 Å². The molecule has 0 aliphatic rings. The summed E-state index contributed by atoms with van der Waals surface area (Å²) in [5.74, 6) is 0.560. The Kier molecular flexibility index (Phi) is 3.78. The van der Waals surface area contributed by atoms with E-state index in [1.807, 2.05) is 0 Å². The molecule has 6 heteroatoms. The molecule has 0 aromatic carbocycles. The predicted octanol–water partition coefficient (Wildman–Crippen LogP) is 2.17. The molecule has 0 fully saturated rings. The lowest BCUT2D eigenvalue weighted by Crippen LogP contribution is -2.05. The molecule has 0 atom stereocenters. The van der Waals surface area contributed by atoms with Crippen LogP contribution in [-0.4, -0.2) is 18.2 Å². The number of nitrogens with zero attached hydrogens (tertiary/aromatic N) is 2. The Hall–Kier alpha value is -0.550. The normalized spacial score (nSPS) is 12.3. The van der Waals surface area contributed by atoms with Gasteiger partial charge in [0.25, 0.3) is 9.05 Å². The second-order valence-corrected chi connectivity index (χ2v) is 6.47. The highest BCUT2D eigenvalue weighted by atomic mass is 35.7. The van der Waals surface area contributed by atoms with Gasteiger partial charge in [-0.3, -0.25) is 4.68 Å². The number of hydrogen-bond donors (Lipinski definition) is 0. The van der Waals surface area contributed by atoms with E-state index < -0.39 is 9.05 Å². The molecular weight excluding hydrogens is 236 g/mol. The van der Waals surface area contributed by atoms with Gasteiger partial charge in [0.05, 0.1) is 11.9 Å². The van der Waals surface area contributed by atoms with Crippen molar-refractivity contribution in [2.45, 2.75) is 38.6 Å². The molecule has 0 aliphatic heterocycles. The van der Waals surface area contributed by atoms with E-state index in [0.717, 1.165) is 13.0 Å². The van der Waals surface area contributed by atoms with E-state index in [1.54, 1.807) is 11.6 Å². The number of halogens is 1. The van der Waals surface area contributed by atoms with Gasteiger partial charge in [0.2, 0.25) is 0 Å². The molecule has 0 aliphatic carbocycles. The summed E-state index contributed by atoms with van der Waals surface area (Å²) in [6, 6.07) is 0. The monoisotopic (exact) mass is 250 g/mol. The lowest BCUT2D eigenvalue weighted by atomic mass is 10.1. The van der Waals surface area contributed by atoms with Crippen molar-refractivity contribution in [3.05, 3.63) is 11.9 Å². The van der Waals surface area contributed by atoms with Gasteiger partial charge >= 0.3 is 0 Å². The molecule has 1 aromatic heterocycles. The summed E-state index contributed by atoms with van der Waals surface area (Å²) in [5, 5.41) is 4.01. The summed E-state index contributed by atoms with van der Waals surface area (Å²) in [4.78, 5) is 0.105. The zero-order chi connectivity index (χ0) is 11.6. The molecular formula is C9H15ClN2O2S. The Balaban J connectivity index is 2.90. The maximum absolute atomic E-state index is 11.1. The quantitative estimate of drug-likeness (QED) is 0.770. The lowest BCUT2D eigenvalue weighted by Gasteiger charge is -2.06. The average molecular weight is 251 g/mol. The van der Waals surface area contributed by atoms with Crippen molar-refractivity contribution in [3.63, 3.8) is 0 Å². The van der Waals surface area contributed by atoms with Crippen molar-refractivity contribution in [2.75, 3.05) is 0 Å². The van der Waals surface area contributed by atoms with Crippen molar-refractivity contribution in [1.82, 2.24) is 9.78 Å². The second kappa shape index (κ2) is 4.53. The van der Waals surface area contributed by atoms with Crippen LogP contribution in [0, 0.1) is 12.8 Å². The molecule has 86 valence electrons. The minimum absolute atomic E-state index is 0.105. The Morgan fingerprint density at radius 1 is 1.53 bits per heavy atom. The van der Waals surface area contributed by atoms with Gasteiger partial charge in [-0.15, -0.1) is 0 Å². The molecule has 1 rings (SSSR count). The summed E-state index contributed by atoms with van der Waals surface area (Å²) in [5.41, 5.74) is 0.602. The molecule has 15 heavy (non-hydrogen) atoms. The number of aromatic nitrogens is 2. The zero-order valence-electron chi connectivity index (χ0n) is 9.07. The Bertz CT molecular complexity index is 437. The molecule has 0 spiro atoms. The van der Waals surface area contributed by atoms with Gasteiger partial charge in [-0.25, -0.2) is 8.42 Å². The third kappa shape index (κ3) is 3.21. The van der Waals surface area contributed by atoms with Crippen LogP contribution in [0.1, 0.15) is 26.0 Å². The van der Waals surface area contributed by atoms with Gasteiger partial charge in [-0.2, -0.15) is 5.10 Å². The minimum atomic E-state index is -3.66. The minimum Gasteiger partial charge on any atom is -0.268 e. The molecule has 0 amide bonds. The second-order valence-electron chi connectivity index (χ2n) is 3.94. The van der Waals surface area contributed by atoms with Gasteiger partial charge in [0.15, 0.2) is 0 Å². The van der Waals surface area contributed by atoms with Crippen molar-refractivity contribution in [3.8, 4) is 0 Å². The Morgan fingerprint density at radius 2 is 2.13 bits per heavy atom. The van der Waals surface area contributed by atoms with E-state index >= 15 is 0 Å². The van der Waals surface area contributed by atoms with Crippen LogP contribution >= 0.6 is 10.7 Å². The fraction of sp³-hybridized carbons (Fsp3) is 0.667. The summed E-state index contributed by atoms with van der Waals surface area (Å²) >= 11 is 0. The third-order valence-electron chi connectivity index (χ3n) is 2.24. The van der Waals surface area contributed by atoms with Crippen LogP contribution in [0.15, 0.2) is 11.1 Å². The Labute approximate surface area is 94.7 Å². The summed E-state index contributed by atoms with van der Waals surface area (Å²) in [6.45, 7) is 6.65. The highest BCUT2D eigenvalue weighted by Gasteiger charge is 2.17. The summed E-state index contributed by atoms with van der Waals surface area (Å²) < 4.78 is 23.9. The molecule has 0 bridgehead atoms. The average Bonchev–Trinajstić information content (AvgIpc) is 2.42. The fourth-order valence-electron chi connectivity index (χ4n) is 1.27. The van der Waals surface area contributed by atoms with Gasteiger partial charge in [0.1, 0.15) is 4.90 Å². The first-order valence-corrected chi connectivity index (χ1v) is 7.10. The smallest absolute Gasteiger partial charge is 0.264 e. The summed E-state index contributed by atoms with van der Waals surface area (Å²) in [6.07, 6.45) is 2.27. The van der Waals surface area contributed by atoms with Gasteiger partial charge in [-0.1, -0.05) is 13.8 Å². The van der Waals surface area contributed by atoms with E-state index in [4.69, 9.17) is 10.7 Å². The maximum Gasteiger partial charge on any atom is 0.264 e. The fourth-order valence-corrected chi connectivity index (χ4v) is 2.36. The maximum atomic E-state index is 11.1. The number of hydrogen-bond acceptors (Lipinski definition) is 3. The molecule has 1 aromatic rings. The molecule has 0 radical (unpaired) electrons. The first-order chi connectivity index (χ1) is 6.82. The summed E-state index contributed by atoms with van der Waals surface area (Å²) in [7, 11) is 1.60. The van der Waals surface area contributed by atoms with Gasteiger partial charge < -0.3 is 0 Å². The van der Waals surface area contributed by atoms with E-state index in [2.05, 4.69) is 18.9 Å². The molecule has 1 heterocycles. The highest BCUT2D eigenvalue weighted by molar-refractivity contribution is 8.13. The van der Waals surface area contributed by atoms with Crippen LogP contribution in [0.5, 0.6) is 0 Å². The molecule has 0 saturated heterocycles. The number of aryl methyl sites for hydroxylation is 1. The molecule has 0 unspecified atom stereocenters. The van der Waals surface area contributed by atoms with Crippen LogP contribution in [0.4, 0.5) is 0 Å². The van der Waals surface area contributed by atoms with Crippen molar-refractivity contribution >= 4 is 19.7 Å². The Morgan fingerprint density at radius 3 is 2.53 bits per heavy atom. The van der Waals surface area contributed by atoms with Gasteiger partial charge in [0, 0.05) is 17.2 Å². The van der Waals surface area contributed by atoms with Crippen LogP contribution in [-0.2, 0) is 15.6 Å². The lowest BCUT2D eigenvalue weighted by molar-refractivity contribution is 0.479. The first-order valence-electron chi connectivity index (χ1n) is 4.79. The van der Waals surface area contributed by atoms with E-state index in [1.165, 1.54) is 6.20 Å². The van der Waals surface area contributed by atoms with E-state index in [0.29, 0.717) is 11.6 Å². The molecule has 0 saturated carbocycles. The highest BCUT2D eigenvalue weighted by Crippen LogP contribution is 2.19. The third-order valence-corrected chi connectivity index (χ3v) is 3.66. The van der Waals surface area contributed by atoms with Crippen LogP contribution in [0.25, 0.3) is 0 Å². The van der Waals surface area contributed by atoms with Crippen molar-refractivity contribution < 1.29 is 8.42 Å². The molecule has 0 N–H and O–H groups in total. The van der Waals surface area contributed by atoms with Crippen molar-refractivity contribution in [1.29, 1.82) is 0 Å². The van der Waals surface area contributed by atoms with Gasteiger partial charge in [-0.05, 0) is 19.3 Å². The standard InChI is InChI=1S/C9H15ClN2O2S/c1-7(2)4-5-12-8(3)9(6-11-12)15(10,13)14/h6-7H,4-5H2,1-3H3. The SMILES string of the molecule is Cc1c(S(=O)(=O)Cl)cnn1CCC(C)C. The predicted molar refractivity (Wildman–Crippen MR) is 59.5 cm³/mol. The zero-order valence-corrected chi connectivity index (χ0v) is 10.6. The largest absolute Gasteiger partial charge is 0.268 e. The molecule has 4 nitrogen and oxygen atoms in total. The topological polar surface area (TPSA) is 52.0 Å². The van der Waals surface area contributed by atoms with Crippen molar-refractivity contribution in [2.24, 2.45) is 5.92 Å². The van der Waals surface area contributed by atoms with E-state index in [-0.39, 0.29) is 4.90 Å². The van der Waals surface area contributed by atoms with Crippen LogP contribution in [0.2, 0.25) is 0 Å². The first kappa shape index (κ1) is 12.5. The number of rotatable bonds is 4. The van der Waals surface area contributed by atoms with Crippen LogP contribution in [0.3, 0.4) is 0 Å². The van der Waals surface area contributed by atoms with E-state index in [9.17, 15) is 8.42 Å².